The van der Waals surface area contributed by atoms with Crippen LogP contribution in [0.1, 0.15) is 20.8 Å². The smallest absolute Gasteiger partial charge is 0.404 e. The Bertz CT molecular complexity index is 2650. The number of aromatic nitrogens is 1. The van der Waals surface area contributed by atoms with Gasteiger partial charge in [-0.3, -0.25) is 4.79 Å². The van der Waals surface area contributed by atoms with Crippen molar-refractivity contribution in [3.8, 4) is 0 Å². The first-order valence-electron chi connectivity index (χ1n) is 17.5. The predicted octanol–water partition coefficient (Wildman–Crippen LogP) is 6.94. The Morgan fingerprint density at radius 2 is 0.701 bits per heavy atom. The SMILES string of the molecule is Fc1c(F)c(F)c([B-](c2c(F)c(F)c(F)c(F)c2F)(c2c(F)c(F)c(F)c(F)c2F)c2c(F)c(F)c(F)c(F)c2F)c(F)c1F.O=C(O)COC(=O)c1cccc[n+]1CC(=O)c1ccccc1. The Labute approximate surface area is 357 Å². The highest BCUT2D eigenvalue weighted by molar-refractivity contribution is 7.20. The van der Waals surface area contributed by atoms with Crippen molar-refractivity contribution in [2.24, 2.45) is 0 Å². The van der Waals surface area contributed by atoms with Gasteiger partial charge in [-0.05, 0) is 6.07 Å². The topological polar surface area (TPSA) is 84.6 Å². The minimum Gasteiger partial charge on any atom is -0.479 e. The summed E-state index contributed by atoms with van der Waals surface area (Å²) in [6.07, 6.45) is -5.65. The van der Waals surface area contributed by atoms with Crippen LogP contribution in [0.15, 0.2) is 54.7 Å². The Hall–Kier alpha value is -7.48. The van der Waals surface area contributed by atoms with Crippen LogP contribution in [-0.4, -0.2) is 35.6 Å². The van der Waals surface area contributed by atoms with Crippen LogP contribution in [0.5, 0.6) is 0 Å². The number of nitrogens with zero attached hydrogens (tertiary/aromatic N) is 1. The summed E-state index contributed by atoms with van der Waals surface area (Å²) in [6, 6.07) is 13.5. The molecule has 0 bridgehead atoms. The quantitative estimate of drug-likeness (QED) is 0.0306. The first kappa shape index (κ1) is 50.5. The van der Waals surface area contributed by atoms with Gasteiger partial charge in [-0.15, -0.1) is 21.9 Å². The molecule has 0 aliphatic heterocycles. The van der Waals surface area contributed by atoms with Crippen molar-refractivity contribution in [3.05, 3.63) is 182 Å². The van der Waals surface area contributed by atoms with Crippen LogP contribution < -0.4 is 26.4 Å². The van der Waals surface area contributed by atoms with Crippen LogP contribution in [0.2, 0.25) is 0 Å². The third-order valence-corrected chi connectivity index (χ3v) is 9.59. The maximum absolute atomic E-state index is 15.4. The molecule has 6 nitrogen and oxygen atoms in total. The fraction of sp³-hybridized carbons (Fsp3) is 0.0500. The number of pyridine rings is 1. The number of hydrogen-bond donors (Lipinski definition) is 1. The van der Waals surface area contributed by atoms with Crippen molar-refractivity contribution in [2.45, 2.75) is 6.54 Å². The van der Waals surface area contributed by atoms with Gasteiger partial charge in [0.15, 0.2) is 82.6 Å². The first-order chi connectivity index (χ1) is 31.3. The lowest BCUT2D eigenvalue weighted by Gasteiger charge is -2.44. The minimum absolute atomic E-state index is 0.0393. The Morgan fingerprint density at radius 3 is 1.00 bits per heavy atom. The standard InChI is InChI=1S/C24BF20.C16H13NO5/c26-5-1(6(27)14(35)21(42)13(5)34)25(2-7(28)15(36)22(43)16(37)8(2)29,3-9(30)17(38)23(44)18(39)10(3)31)4-11(32)19(40)24(45)20(41)12(4)33;18-14(12-6-2-1-3-7-12)10-17-9-5-4-8-13(17)16(21)22-11-15(19)20/h;1-9H,10-11H2/q-1;/p+1. The van der Waals surface area contributed by atoms with Crippen LogP contribution in [0.4, 0.5) is 87.8 Å². The van der Waals surface area contributed by atoms with E-state index >= 15 is 35.1 Å². The van der Waals surface area contributed by atoms with E-state index in [-0.39, 0.29) is 18.0 Å². The zero-order valence-electron chi connectivity index (χ0n) is 31.8. The van der Waals surface area contributed by atoms with E-state index in [9.17, 15) is 67.1 Å². The summed E-state index contributed by atoms with van der Waals surface area (Å²) in [5.41, 5.74) is -13.7. The van der Waals surface area contributed by atoms with Gasteiger partial charge in [-0.2, -0.15) is 4.57 Å². The molecule has 67 heavy (non-hydrogen) atoms. The summed E-state index contributed by atoms with van der Waals surface area (Å²) in [6.45, 7) is -0.761. The molecule has 0 saturated carbocycles. The average Bonchev–Trinajstić information content (AvgIpc) is 3.31. The Morgan fingerprint density at radius 1 is 0.418 bits per heavy atom. The van der Waals surface area contributed by atoms with Crippen LogP contribution >= 0.6 is 0 Å². The van der Waals surface area contributed by atoms with Gasteiger partial charge in [0.25, 0.3) is 5.69 Å². The molecule has 0 amide bonds. The number of carbonyl (C=O) groups excluding carboxylic acids is 2. The highest BCUT2D eigenvalue weighted by atomic mass is 19.2. The van der Waals surface area contributed by atoms with E-state index in [0.29, 0.717) is 5.56 Å². The number of ether oxygens (including phenoxy) is 1. The van der Waals surface area contributed by atoms with E-state index in [1.807, 2.05) is 0 Å². The zero-order valence-corrected chi connectivity index (χ0v) is 31.8. The van der Waals surface area contributed by atoms with Gasteiger partial charge in [0.1, 0.15) is 52.7 Å². The largest absolute Gasteiger partial charge is 0.479 e. The molecule has 0 aliphatic rings. The molecule has 1 aromatic heterocycles. The van der Waals surface area contributed by atoms with E-state index in [1.54, 1.807) is 48.7 Å². The molecular formula is C40H14BF20NO5. The number of hydrogen-bond acceptors (Lipinski definition) is 4. The van der Waals surface area contributed by atoms with Crippen molar-refractivity contribution < 1.29 is 117 Å². The lowest BCUT2D eigenvalue weighted by molar-refractivity contribution is -0.685. The number of halogens is 20. The predicted molar refractivity (Wildman–Crippen MR) is 185 cm³/mol. The Kier molecular flexibility index (Phi) is 14.5. The number of Topliss-reactive ketones (excluding diaryl/α,β-unsaturated/α-hetero) is 1. The van der Waals surface area contributed by atoms with Crippen molar-refractivity contribution >= 4 is 45.7 Å². The van der Waals surface area contributed by atoms with Crippen molar-refractivity contribution in [1.82, 2.24) is 0 Å². The van der Waals surface area contributed by atoms with Crippen LogP contribution in [0.3, 0.4) is 0 Å². The molecule has 6 aromatic rings. The van der Waals surface area contributed by atoms with Gasteiger partial charge in [0, 0.05) is 17.7 Å². The molecular weight excluding hydrogens is 965 g/mol. The molecule has 0 saturated heterocycles. The number of esters is 1. The van der Waals surface area contributed by atoms with Gasteiger partial charge >= 0.3 is 11.9 Å². The number of carboxylic acids is 1. The summed E-state index contributed by atoms with van der Waals surface area (Å²) in [7, 11) is 0. The third-order valence-electron chi connectivity index (χ3n) is 9.59. The van der Waals surface area contributed by atoms with Crippen LogP contribution in [-0.2, 0) is 16.1 Å². The number of carboxylic acid groups (broad SMARTS) is 1. The molecule has 0 aliphatic carbocycles. The van der Waals surface area contributed by atoms with E-state index in [0.717, 1.165) is 0 Å². The molecule has 0 unspecified atom stereocenters. The maximum atomic E-state index is 15.4. The molecule has 352 valence electrons. The fourth-order valence-electron chi connectivity index (χ4n) is 6.74. The average molecular weight is 979 g/mol. The highest BCUT2D eigenvalue weighted by Crippen LogP contribution is 2.30. The lowest BCUT2D eigenvalue weighted by Crippen LogP contribution is -2.81. The molecule has 1 heterocycles. The van der Waals surface area contributed by atoms with Gasteiger partial charge in [-0.25, -0.2) is 97.4 Å². The second kappa shape index (κ2) is 19.2. The second-order valence-electron chi connectivity index (χ2n) is 13.3. The van der Waals surface area contributed by atoms with Crippen molar-refractivity contribution in [1.29, 1.82) is 0 Å². The summed E-state index contributed by atoms with van der Waals surface area (Å²) < 4.78 is 300. The summed E-state index contributed by atoms with van der Waals surface area (Å²) in [5, 5.41) is 8.53. The summed E-state index contributed by atoms with van der Waals surface area (Å²) in [5.74, 6) is -73.6. The Balaban J connectivity index is 0.000000319. The molecule has 5 aromatic carbocycles. The van der Waals surface area contributed by atoms with E-state index < -0.39 is 163 Å². The van der Waals surface area contributed by atoms with Gasteiger partial charge in [0.05, 0.1) is 0 Å². The van der Waals surface area contributed by atoms with Crippen LogP contribution in [0.25, 0.3) is 0 Å². The second-order valence-corrected chi connectivity index (χ2v) is 13.3. The van der Waals surface area contributed by atoms with Gasteiger partial charge in [0.2, 0.25) is 12.3 Å². The van der Waals surface area contributed by atoms with E-state index in [2.05, 4.69) is 4.74 Å². The molecule has 27 heteroatoms. The monoisotopic (exact) mass is 979 g/mol. The van der Waals surface area contributed by atoms with Crippen LogP contribution in [0, 0.1) is 116 Å². The molecule has 0 fully saturated rings. The molecule has 0 radical (unpaired) electrons. The molecule has 0 spiro atoms. The highest BCUT2D eigenvalue weighted by Gasteiger charge is 2.52. The van der Waals surface area contributed by atoms with Gasteiger partial charge in [-0.1, -0.05) is 30.3 Å². The maximum Gasteiger partial charge on any atom is 0.404 e. The number of aliphatic carboxylic acids is 1. The molecule has 0 atom stereocenters. The minimum atomic E-state index is -7.22. The normalized spacial score (nSPS) is 11.3. The molecule has 1 N–H and O–H groups in total. The summed E-state index contributed by atoms with van der Waals surface area (Å²) >= 11 is 0. The first-order valence-corrected chi connectivity index (χ1v) is 17.5. The number of benzene rings is 5. The van der Waals surface area contributed by atoms with Crippen molar-refractivity contribution in [3.63, 3.8) is 0 Å². The van der Waals surface area contributed by atoms with Crippen molar-refractivity contribution in [2.75, 3.05) is 6.61 Å². The third kappa shape index (κ3) is 8.48. The lowest BCUT2D eigenvalue weighted by atomic mass is 9.12. The molecule has 6 rings (SSSR count). The number of ketones is 1. The fourth-order valence-corrected chi connectivity index (χ4v) is 6.74. The summed E-state index contributed by atoms with van der Waals surface area (Å²) in [4.78, 5) is 34.5. The van der Waals surface area contributed by atoms with E-state index in [4.69, 9.17) is 5.11 Å². The zero-order chi connectivity index (χ0) is 50.3. The number of rotatable bonds is 10. The number of carbonyl (C=O) groups is 3. The van der Waals surface area contributed by atoms with E-state index in [1.165, 1.54) is 10.6 Å². The van der Waals surface area contributed by atoms with Gasteiger partial charge < -0.3 is 9.84 Å².